The molecule has 1 heterocycles. The van der Waals surface area contributed by atoms with Crippen LogP contribution in [0.15, 0.2) is 35.9 Å². The van der Waals surface area contributed by atoms with Gasteiger partial charge in [-0.1, -0.05) is 0 Å². The number of primary amides is 1. The summed E-state index contributed by atoms with van der Waals surface area (Å²) in [4.78, 5) is 60.2. The number of ether oxygens (including phenoxy) is 1. The highest BCUT2D eigenvalue weighted by atomic mass is 32.1. The molecule has 0 bridgehead atoms. The number of Topliss-reactive ketones (excluding diaryl/α,β-unsaturated/α-hetero) is 1. The second-order valence-electron chi connectivity index (χ2n) is 6.75. The largest absolute Gasteiger partial charge is 0.462 e. The van der Waals surface area contributed by atoms with Crippen LogP contribution in [0.3, 0.4) is 0 Å². The van der Waals surface area contributed by atoms with E-state index in [2.05, 4.69) is 10.6 Å². The zero-order valence-corrected chi connectivity index (χ0v) is 18.8. The number of ketones is 1. The van der Waals surface area contributed by atoms with Gasteiger partial charge >= 0.3 is 5.97 Å². The second-order valence-corrected chi connectivity index (χ2v) is 7.77. The molecule has 0 atom stereocenters. The van der Waals surface area contributed by atoms with Crippen molar-refractivity contribution in [1.29, 1.82) is 0 Å². The van der Waals surface area contributed by atoms with E-state index in [0.717, 1.165) is 17.4 Å². The first-order chi connectivity index (χ1) is 15.0. The molecule has 0 aliphatic rings. The van der Waals surface area contributed by atoms with E-state index in [0.29, 0.717) is 16.8 Å². The Balaban J connectivity index is 2.18. The summed E-state index contributed by atoms with van der Waals surface area (Å²) < 4.78 is 5.00. The molecular weight excluding hydrogens is 434 g/mol. The van der Waals surface area contributed by atoms with Gasteiger partial charge in [-0.2, -0.15) is 0 Å². The van der Waals surface area contributed by atoms with Gasteiger partial charge in [0.25, 0.3) is 11.8 Å². The number of carbonyl (C=O) groups excluding carboxylic acids is 5. The number of nitrogens with one attached hydrogen (secondary N) is 2. The van der Waals surface area contributed by atoms with Gasteiger partial charge in [0.1, 0.15) is 5.00 Å². The third kappa shape index (κ3) is 5.88. The Labute approximate surface area is 188 Å². The Morgan fingerprint density at radius 2 is 1.69 bits per heavy atom. The molecule has 0 spiro atoms. The van der Waals surface area contributed by atoms with E-state index in [4.69, 9.17) is 10.5 Å². The van der Waals surface area contributed by atoms with Crippen molar-refractivity contribution in [2.75, 3.05) is 17.2 Å². The number of nitrogens with two attached hydrogens (primary N) is 1. The maximum atomic E-state index is 12.5. The summed E-state index contributed by atoms with van der Waals surface area (Å²) in [6.45, 7) is 6.16. The molecule has 0 saturated carbocycles. The van der Waals surface area contributed by atoms with Crippen LogP contribution >= 0.6 is 11.3 Å². The number of thiophene rings is 1. The van der Waals surface area contributed by atoms with Gasteiger partial charge in [-0.3, -0.25) is 19.2 Å². The van der Waals surface area contributed by atoms with Gasteiger partial charge < -0.3 is 21.1 Å². The second kappa shape index (κ2) is 10.5. The first kappa shape index (κ1) is 24.5. The van der Waals surface area contributed by atoms with E-state index in [1.165, 1.54) is 20.8 Å². The summed E-state index contributed by atoms with van der Waals surface area (Å²) in [6.07, 6.45) is 1.06. The lowest BCUT2D eigenvalue weighted by Crippen LogP contribution is -2.17. The topological polar surface area (TPSA) is 145 Å². The first-order valence-electron chi connectivity index (χ1n) is 9.57. The van der Waals surface area contributed by atoms with Crippen molar-refractivity contribution in [1.82, 2.24) is 0 Å². The lowest BCUT2D eigenvalue weighted by molar-refractivity contribution is -0.114. The van der Waals surface area contributed by atoms with Crippen LogP contribution in [0.25, 0.3) is 0 Å². The van der Waals surface area contributed by atoms with Gasteiger partial charge in [-0.25, -0.2) is 4.79 Å². The zero-order chi connectivity index (χ0) is 24.0. The van der Waals surface area contributed by atoms with Gasteiger partial charge in [0.05, 0.1) is 17.0 Å². The van der Waals surface area contributed by atoms with Crippen LogP contribution in [0.5, 0.6) is 0 Å². The normalized spacial score (nSPS) is 10.9. The van der Waals surface area contributed by atoms with Crippen LogP contribution in [-0.4, -0.2) is 36.1 Å². The molecule has 0 fully saturated rings. The summed E-state index contributed by atoms with van der Waals surface area (Å²) in [5.41, 5.74) is 6.76. The third-order valence-corrected chi connectivity index (χ3v) is 5.56. The maximum Gasteiger partial charge on any atom is 0.341 e. The molecule has 1 aromatic heterocycles. The molecule has 0 saturated heterocycles. The average molecular weight is 458 g/mol. The molecule has 3 amide bonds. The first-order valence-corrected chi connectivity index (χ1v) is 10.4. The minimum atomic E-state index is -0.736. The van der Waals surface area contributed by atoms with Gasteiger partial charge in [0, 0.05) is 22.9 Å². The zero-order valence-electron chi connectivity index (χ0n) is 18.0. The molecule has 4 N–H and O–H groups in total. The molecule has 1 aromatic carbocycles. The number of benzene rings is 1. The van der Waals surface area contributed by atoms with Gasteiger partial charge in [0.2, 0.25) is 5.91 Å². The number of rotatable bonds is 8. The van der Waals surface area contributed by atoms with E-state index in [-0.39, 0.29) is 33.4 Å². The maximum absolute atomic E-state index is 12.5. The number of hydrogen-bond donors (Lipinski definition) is 3. The van der Waals surface area contributed by atoms with Crippen LogP contribution in [0, 0.1) is 6.92 Å². The molecule has 0 aliphatic heterocycles. The Bertz CT molecular complexity index is 1120. The van der Waals surface area contributed by atoms with Crippen LogP contribution in [0.4, 0.5) is 10.7 Å². The smallest absolute Gasteiger partial charge is 0.341 e. The van der Waals surface area contributed by atoms with Crippen molar-refractivity contribution in [3.63, 3.8) is 0 Å². The number of carbonyl (C=O) groups is 5. The fourth-order valence-electron chi connectivity index (χ4n) is 2.71. The lowest BCUT2D eigenvalue weighted by Gasteiger charge is -2.07. The lowest BCUT2D eigenvalue weighted by atomic mass is 10.1. The quantitative estimate of drug-likeness (QED) is 0.316. The molecule has 0 unspecified atom stereocenters. The van der Waals surface area contributed by atoms with E-state index >= 15 is 0 Å². The third-order valence-electron chi connectivity index (χ3n) is 4.34. The summed E-state index contributed by atoms with van der Waals surface area (Å²) in [5.74, 6) is -2.73. The molecule has 32 heavy (non-hydrogen) atoms. The van der Waals surface area contributed by atoms with Crippen molar-refractivity contribution in [3.8, 4) is 0 Å². The molecule has 0 aliphatic carbocycles. The summed E-state index contributed by atoms with van der Waals surface area (Å²) in [6, 6.07) is 6.31. The monoisotopic (exact) mass is 457 g/mol. The van der Waals surface area contributed by atoms with Crippen molar-refractivity contribution in [3.05, 3.63) is 57.5 Å². The predicted octanol–water partition coefficient (Wildman–Crippen LogP) is 3.06. The SMILES string of the molecule is CCOC(=O)c1c(NC(=O)/C=C(/C)C(=O)Nc2ccc(C(C)=O)cc2)sc(C(N)=O)c1C. The van der Waals surface area contributed by atoms with Gasteiger partial charge in [0.15, 0.2) is 5.78 Å². The van der Waals surface area contributed by atoms with Crippen molar-refractivity contribution >= 4 is 51.5 Å². The molecule has 0 radical (unpaired) electrons. The highest BCUT2D eigenvalue weighted by Crippen LogP contribution is 2.33. The van der Waals surface area contributed by atoms with Crippen LogP contribution < -0.4 is 16.4 Å². The van der Waals surface area contributed by atoms with E-state index in [1.54, 1.807) is 31.2 Å². The number of anilines is 2. The van der Waals surface area contributed by atoms with E-state index in [1.807, 2.05) is 0 Å². The highest BCUT2D eigenvalue weighted by Gasteiger charge is 2.25. The number of esters is 1. The summed E-state index contributed by atoms with van der Waals surface area (Å²) >= 11 is 0.854. The molecule has 168 valence electrons. The number of amides is 3. The average Bonchev–Trinajstić information content (AvgIpc) is 3.04. The molecular formula is C22H23N3O6S. The fraction of sp³-hybridized carbons (Fsp3) is 0.227. The van der Waals surface area contributed by atoms with Gasteiger partial charge in [-0.05, 0) is 57.5 Å². The number of hydrogen-bond acceptors (Lipinski definition) is 7. The Morgan fingerprint density at radius 3 is 2.22 bits per heavy atom. The van der Waals surface area contributed by atoms with Crippen molar-refractivity contribution in [2.45, 2.75) is 27.7 Å². The van der Waals surface area contributed by atoms with Crippen LogP contribution in [0.1, 0.15) is 56.7 Å². The van der Waals surface area contributed by atoms with E-state index in [9.17, 15) is 24.0 Å². The summed E-state index contributed by atoms with van der Waals surface area (Å²) in [7, 11) is 0. The Morgan fingerprint density at radius 1 is 1.06 bits per heavy atom. The minimum Gasteiger partial charge on any atom is -0.462 e. The standard InChI is InChI=1S/C22H23N3O6S/c1-5-31-22(30)17-12(3)18(19(23)28)32-21(17)25-16(27)10-11(2)20(29)24-15-8-6-14(7-9-15)13(4)26/h6-10H,5H2,1-4H3,(H2,23,28)(H,24,29)(H,25,27)/b11-10-. The molecule has 2 aromatic rings. The molecule has 9 nitrogen and oxygen atoms in total. The van der Waals surface area contributed by atoms with Gasteiger partial charge in [-0.15, -0.1) is 11.3 Å². The minimum absolute atomic E-state index is 0.0417. The summed E-state index contributed by atoms with van der Waals surface area (Å²) in [5, 5.41) is 5.23. The molecule has 2 rings (SSSR count). The fourth-order valence-corrected chi connectivity index (χ4v) is 3.76. The predicted molar refractivity (Wildman–Crippen MR) is 121 cm³/mol. The Kier molecular flexibility index (Phi) is 8.03. The van der Waals surface area contributed by atoms with Crippen LogP contribution in [-0.2, 0) is 14.3 Å². The highest BCUT2D eigenvalue weighted by molar-refractivity contribution is 7.18. The van der Waals surface area contributed by atoms with Crippen LogP contribution in [0.2, 0.25) is 0 Å². The van der Waals surface area contributed by atoms with Crippen molar-refractivity contribution < 1.29 is 28.7 Å². The van der Waals surface area contributed by atoms with Crippen molar-refractivity contribution in [2.24, 2.45) is 5.73 Å². The Hall–Kier alpha value is -3.79. The van der Waals surface area contributed by atoms with E-state index < -0.39 is 23.7 Å². The molecule has 10 heteroatoms.